The summed E-state index contributed by atoms with van der Waals surface area (Å²) >= 11 is 0. The van der Waals surface area contributed by atoms with Crippen LogP contribution in [0.25, 0.3) is 0 Å². The van der Waals surface area contributed by atoms with Gasteiger partial charge < -0.3 is 5.32 Å². The lowest BCUT2D eigenvalue weighted by atomic mass is 9.68. The van der Waals surface area contributed by atoms with Gasteiger partial charge in [0.05, 0.1) is 0 Å². The number of rotatable bonds is 2. The van der Waals surface area contributed by atoms with E-state index < -0.39 is 11.6 Å². The van der Waals surface area contributed by atoms with Gasteiger partial charge in [0.1, 0.15) is 11.6 Å². The number of halogens is 2. The Labute approximate surface area is 113 Å². The van der Waals surface area contributed by atoms with Crippen LogP contribution in [0.1, 0.15) is 40.0 Å². The lowest BCUT2D eigenvalue weighted by Gasteiger charge is -2.43. The normalized spacial score (nSPS) is 35.6. The van der Waals surface area contributed by atoms with E-state index in [1.54, 1.807) is 0 Å². The predicted molar refractivity (Wildman–Crippen MR) is 73.0 cm³/mol. The lowest BCUT2D eigenvalue weighted by Crippen LogP contribution is -2.45. The van der Waals surface area contributed by atoms with E-state index >= 15 is 0 Å². The Balaban J connectivity index is 1.90. The molecule has 2 bridgehead atoms. The van der Waals surface area contributed by atoms with Gasteiger partial charge in [-0.3, -0.25) is 0 Å². The topological polar surface area (TPSA) is 12.0 Å². The maximum Gasteiger partial charge on any atom is 0.128 e. The fraction of sp³-hybridized carbons (Fsp3) is 0.625. The second-order valence-electron chi connectivity index (χ2n) is 7.15. The molecule has 2 aliphatic carbocycles. The van der Waals surface area contributed by atoms with Crippen molar-refractivity contribution in [3.05, 3.63) is 29.8 Å². The second-order valence-corrected chi connectivity index (χ2v) is 7.15. The van der Waals surface area contributed by atoms with Crippen LogP contribution in [0.15, 0.2) is 18.2 Å². The fourth-order valence-electron chi connectivity index (χ4n) is 4.47. The van der Waals surface area contributed by atoms with Gasteiger partial charge >= 0.3 is 0 Å². The highest BCUT2D eigenvalue weighted by Crippen LogP contribution is 2.63. The summed E-state index contributed by atoms with van der Waals surface area (Å²) in [5, 5.41) is 3.40. The molecular weight excluding hydrogens is 244 g/mol. The zero-order valence-corrected chi connectivity index (χ0v) is 11.8. The molecule has 3 heteroatoms. The van der Waals surface area contributed by atoms with Crippen molar-refractivity contribution < 1.29 is 8.78 Å². The first-order valence-corrected chi connectivity index (χ1v) is 7.04. The Hall–Kier alpha value is -1.12. The second kappa shape index (κ2) is 3.94. The summed E-state index contributed by atoms with van der Waals surface area (Å²) < 4.78 is 26.6. The summed E-state index contributed by atoms with van der Waals surface area (Å²) in [6.07, 6.45) is 3.70. The molecule has 2 saturated carbocycles. The van der Waals surface area contributed by atoms with E-state index in [1.807, 2.05) is 0 Å². The third kappa shape index (κ3) is 1.94. The molecule has 0 radical (unpaired) electrons. The molecule has 0 aromatic heterocycles. The van der Waals surface area contributed by atoms with Crippen LogP contribution >= 0.6 is 0 Å². The van der Waals surface area contributed by atoms with Crippen LogP contribution in [0.5, 0.6) is 0 Å². The molecule has 1 aromatic rings. The molecule has 3 rings (SSSR count). The molecule has 0 aliphatic heterocycles. The summed E-state index contributed by atoms with van der Waals surface area (Å²) in [6, 6.07) is 3.96. The van der Waals surface area contributed by atoms with Gasteiger partial charge in [0, 0.05) is 17.8 Å². The average molecular weight is 265 g/mol. The van der Waals surface area contributed by atoms with Gasteiger partial charge in [0.2, 0.25) is 0 Å². The van der Waals surface area contributed by atoms with Gasteiger partial charge in [-0.1, -0.05) is 20.8 Å². The maximum atomic E-state index is 13.3. The van der Waals surface area contributed by atoms with Crippen molar-refractivity contribution in [3.63, 3.8) is 0 Å². The first-order valence-electron chi connectivity index (χ1n) is 7.04. The quantitative estimate of drug-likeness (QED) is 0.824. The van der Waals surface area contributed by atoms with Crippen LogP contribution in [0, 0.1) is 28.4 Å². The molecule has 3 atom stereocenters. The molecule has 0 saturated heterocycles. The van der Waals surface area contributed by atoms with Crippen molar-refractivity contribution in [3.8, 4) is 0 Å². The molecule has 19 heavy (non-hydrogen) atoms. The molecule has 3 unspecified atom stereocenters. The Bertz CT molecular complexity index is 486. The molecular formula is C16H21F2N. The molecule has 1 N–H and O–H groups in total. The first kappa shape index (κ1) is 12.9. The van der Waals surface area contributed by atoms with Gasteiger partial charge in [-0.05, 0) is 48.1 Å². The third-order valence-corrected chi connectivity index (χ3v) is 5.44. The van der Waals surface area contributed by atoms with Gasteiger partial charge in [0.25, 0.3) is 0 Å². The smallest absolute Gasteiger partial charge is 0.128 e. The van der Waals surface area contributed by atoms with Crippen LogP contribution in [-0.2, 0) is 0 Å². The summed E-state index contributed by atoms with van der Waals surface area (Å²) in [7, 11) is 0. The molecule has 2 aliphatic rings. The first-order chi connectivity index (χ1) is 8.81. The van der Waals surface area contributed by atoms with Crippen molar-refractivity contribution >= 4 is 5.69 Å². The SMILES string of the molecule is CC12CCC(C1)C(C)(C)C2Nc1cc(F)cc(F)c1. The third-order valence-electron chi connectivity index (χ3n) is 5.44. The standard InChI is InChI=1S/C16H21F2N/c1-15(2)10-4-5-16(3,9-10)14(15)19-13-7-11(17)6-12(18)8-13/h6-8,10,14,19H,4-5,9H2,1-3H3. The highest BCUT2D eigenvalue weighted by Gasteiger charge is 2.59. The minimum atomic E-state index is -0.520. The fourth-order valence-corrected chi connectivity index (χ4v) is 4.47. The van der Waals surface area contributed by atoms with E-state index in [9.17, 15) is 8.78 Å². The zero-order valence-electron chi connectivity index (χ0n) is 11.8. The Morgan fingerprint density at radius 1 is 1.11 bits per heavy atom. The summed E-state index contributed by atoms with van der Waals surface area (Å²) in [6.45, 7) is 6.85. The minimum absolute atomic E-state index is 0.176. The lowest BCUT2D eigenvalue weighted by molar-refractivity contribution is 0.155. The van der Waals surface area contributed by atoms with E-state index in [2.05, 4.69) is 26.1 Å². The monoisotopic (exact) mass is 265 g/mol. The zero-order chi connectivity index (χ0) is 13.8. The van der Waals surface area contributed by atoms with Crippen molar-refractivity contribution in [2.45, 2.75) is 46.1 Å². The molecule has 0 spiro atoms. The summed E-state index contributed by atoms with van der Waals surface area (Å²) in [5.41, 5.74) is 0.983. The van der Waals surface area contributed by atoms with Gasteiger partial charge in [0.15, 0.2) is 0 Å². The average Bonchev–Trinajstić information content (AvgIpc) is 2.74. The predicted octanol–water partition coefficient (Wildman–Crippen LogP) is 4.59. The van der Waals surface area contributed by atoms with Crippen molar-refractivity contribution in [1.29, 1.82) is 0 Å². The van der Waals surface area contributed by atoms with E-state index in [4.69, 9.17) is 0 Å². The Morgan fingerprint density at radius 3 is 2.26 bits per heavy atom. The van der Waals surface area contributed by atoms with E-state index in [0.29, 0.717) is 11.6 Å². The van der Waals surface area contributed by atoms with Crippen molar-refractivity contribution in [1.82, 2.24) is 0 Å². The van der Waals surface area contributed by atoms with Gasteiger partial charge in [-0.15, -0.1) is 0 Å². The molecule has 1 aromatic carbocycles. The molecule has 2 fully saturated rings. The number of fused-ring (bicyclic) bond motifs is 2. The molecule has 0 amide bonds. The maximum absolute atomic E-state index is 13.3. The van der Waals surface area contributed by atoms with Crippen LogP contribution < -0.4 is 5.32 Å². The number of anilines is 1. The largest absolute Gasteiger partial charge is 0.381 e. The van der Waals surface area contributed by atoms with E-state index in [1.165, 1.54) is 31.4 Å². The Morgan fingerprint density at radius 2 is 1.74 bits per heavy atom. The molecule has 104 valence electrons. The minimum Gasteiger partial charge on any atom is -0.381 e. The highest BCUT2D eigenvalue weighted by atomic mass is 19.1. The number of hydrogen-bond acceptors (Lipinski definition) is 1. The molecule has 1 nitrogen and oxygen atoms in total. The highest BCUT2D eigenvalue weighted by molar-refractivity contribution is 5.46. The number of nitrogens with one attached hydrogen (secondary N) is 1. The van der Waals surface area contributed by atoms with Crippen LogP contribution in [0.3, 0.4) is 0 Å². The van der Waals surface area contributed by atoms with Crippen LogP contribution in [0.2, 0.25) is 0 Å². The van der Waals surface area contributed by atoms with Crippen LogP contribution in [-0.4, -0.2) is 6.04 Å². The van der Waals surface area contributed by atoms with Crippen LogP contribution in [0.4, 0.5) is 14.5 Å². The summed E-state index contributed by atoms with van der Waals surface area (Å²) in [5.74, 6) is -0.323. The van der Waals surface area contributed by atoms with Crippen molar-refractivity contribution in [2.24, 2.45) is 16.7 Å². The van der Waals surface area contributed by atoms with E-state index in [0.717, 1.165) is 6.07 Å². The Kier molecular flexibility index (Phi) is 2.67. The van der Waals surface area contributed by atoms with E-state index in [-0.39, 0.29) is 16.9 Å². The van der Waals surface area contributed by atoms with Gasteiger partial charge in [-0.25, -0.2) is 8.78 Å². The van der Waals surface area contributed by atoms with Crippen molar-refractivity contribution in [2.75, 3.05) is 5.32 Å². The van der Waals surface area contributed by atoms with Gasteiger partial charge in [-0.2, -0.15) is 0 Å². The molecule has 0 heterocycles. The number of benzene rings is 1. The number of hydrogen-bond donors (Lipinski definition) is 1. The summed E-state index contributed by atoms with van der Waals surface area (Å²) in [4.78, 5) is 0.